The SMILES string of the molecule is Oc1ccc(N=Nc2ccc(O)c(Br)c2)cc1. The molecule has 86 valence electrons. The van der Waals surface area contributed by atoms with Crippen molar-refractivity contribution in [3.63, 3.8) is 0 Å². The van der Waals surface area contributed by atoms with Crippen molar-refractivity contribution in [2.75, 3.05) is 0 Å². The standard InChI is InChI=1S/C12H9BrN2O2/c13-11-7-9(3-6-12(11)17)15-14-8-1-4-10(16)5-2-8/h1-7,16-17H. The van der Waals surface area contributed by atoms with Crippen LogP contribution >= 0.6 is 15.9 Å². The maximum atomic E-state index is 9.31. The minimum absolute atomic E-state index is 0.161. The summed E-state index contributed by atoms with van der Waals surface area (Å²) in [6.07, 6.45) is 0. The van der Waals surface area contributed by atoms with Crippen LogP contribution in [0.3, 0.4) is 0 Å². The molecule has 0 aliphatic rings. The Labute approximate surface area is 106 Å². The van der Waals surface area contributed by atoms with Gasteiger partial charge in [0.15, 0.2) is 0 Å². The third-order valence-electron chi connectivity index (χ3n) is 2.06. The Balaban J connectivity index is 2.20. The van der Waals surface area contributed by atoms with E-state index in [9.17, 15) is 5.11 Å². The molecule has 2 N–H and O–H groups in total. The summed E-state index contributed by atoms with van der Waals surface area (Å²) in [6.45, 7) is 0. The van der Waals surface area contributed by atoms with Crippen molar-refractivity contribution < 1.29 is 10.2 Å². The number of phenols is 2. The number of hydrogen-bond donors (Lipinski definition) is 2. The molecule has 0 radical (unpaired) electrons. The second kappa shape index (κ2) is 4.97. The van der Waals surface area contributed by atoms with Gasteiger partial charge in [-0.3, -0.25) is 0 Å². The molecule has 2 aromatic rings. The van der Waals surface area contributed by atoms with Crippen LogP contribution in [0.2, 0.25) is 0 Å². The van der Waals surface area contributed by atoms with E-state index < -0.39 is 0 Å². The lowest BCUT2D eigenvalue weighted by Gasteiger charge is -1.97. The fourth-order valence-electron chi connectivity index (χ4n) is 1.19. The molecule has 0 bridgehead atoms. The summed E-state index contributed by atoms with van der Waals surface area (Å²) in [5.41, 5.74) is 1.27. The van der Waals surface area contributed by atoms with E-state index in [1.807, 2.05) is 0 Å². The summed E-state index contributed by atoms with van der Waals surface area (Å²) in [7, 11) is 0. The maximum absolute atomic E-state index is 9.31. The van der Waals surface area contributed by atoms with Crippen LogP contribution in [0, 0.1) is 0 Å². The fourth-order valence-corrected chi connectivity index (χ4v) is 1.56. The average Bonchev–Trinajstić information content (AvgIpc) is 2.33. The highest BCUT2D eigenvalue weighted by molar-refractivity contribution is 9.10. The van der Waals surface area contributed by atoms with Gasteiger partial charge in [0.2, 0.25) is 0 Å². The normalized spacial score (nSPS) is 10.9. The molecule has 0 atom stereocenters. The van der Waals surface area contributed by atoms with Crippen molar-refractivity contribution >= 4 is 27.3 Å². The molecule has 0 aromatic heterocycles. The van der Waals surface area contributed by atoms with E-state index in [1.54, 1.807) is 36.4 Å². The van der Waals surface area contributed by atoms with Crippen molar-refractivity contribution in [1.82, 2.24) is 0 Å². The molecule has 2 aromatic carbocycles. The lowest BCUT2D eigenvalue weighted by Crippen LogP contribution is -1.69. The van der Waals surface area contributed by atoms with E-state index in [4.69, 9.17) is 5.11 Å². The summed E-state index contributed by atoms with van der Waals surface area (Å²) in [5, 5.41) is 26.4. The van der Waals surface area contributed by atoms with Crippen LogP contribution in [0.5, 0.6) is 11.5 Å². The Morgan fingerprint density at radius 3 is 2.06 bits per heavy atom. The van der Waals surface area contributed by atoms with Gasteiger partial charge in [-0.2, -0.15) is 10.2 Å². The molecule has 0 unspecified atom stereocenters. The number of nitrogens with zero attached hydrogens (tertiary/aromatic N) is 2. The zero-order chi connectivity index (χ0) is 12.3. The molecular weight excluding hydrogens is 284 g/mol. The van der Waals surface area contributed by atoms with Crippen molar-refractivity contribution in [3.05, 3.63) is 46.9 Å². The van der Waals surface area contributed by atoms with E-state index in [0.717, 1.165) is 0 Å². The largest absolute Gasteiger partial charge is 0.508 e. The molecule has 0 aliphatic heterocycles. The molecule has 0 fully saturated rings. The zero-order valence-electron chi connectivity index (χ0n) is 8.71. The lowest BCUT2D eigenvalue weighted by atomic mass is 10.3. The van der Waals surface area contributed by atoms with Crippen molar-refractivity contribution in [2.24, 2.45) is 10.2 Å². The Morgan fingerprint density at radius 2 is 1.41 bits per heavy atom. The average molecular weight is 293 g/mol. The predicted octanol–water partition coefficient (Wildman–Crippen LogP) is 4.28. The first-order chi connectivity index (χ1) is 8.15. The van der Waals surface area contributed by atoms with Crippen LogP contribution in [0.15, 0.2) is 57.2 Å². The lowest BCUT2D eigenvalue weighted by molar-refractivity contribution is 0.472. The van der Waals surface area contributed by atoms with Crippen molar-refractivity contribution in [3.8, 4) is 11.5 Å². The first-order valence-electron chi connectivity index (χ1n) is 4.84. The predicted molar refractivity (Wildman–Crippen MR) is 68.1 cm³/mol. The third kappa shape index (κ3) is 3.04. The summed E-state index contributed by atoms with van der Waals surface area (Å²) in [4.78, 5) is 0. The van der Waals surface area contributed by atoms with E-state index in [0.29, 0.717) is 15.8 Å². The quantitative estimate of drug-likeness (QED) is 0.812. The molecule has 0 saturated carbocycles. The molecule has 0 spiro atoms. The van der Waals surface area contributed by atoms with Gasteiger partial charge in [0.05, 0.1) is 15.8 Å². The van der Waals surface area contributed by atoms with Crippen LogP contribution in [0.1, 0.15) is 0 Å². The highest BCUT2D eigenvalue weighted by atomic mass is 79.9. The molecule has 0 amide bonds. The van der Waals surface area contributed by atoms with Gasteiger partial charge in [-0.15, -0.1) is 0 Å². The van der Waals surface area contributed by atoms with E-state index in [1.165, 1.54) is 6.07 Å². The molecule has 0 heterocycles. The highest BCUT2D eigenvalue weighted by Gasteiger charge is 1.98. The number of rotatable bonds is 2. The first-order valence-corrected chi connectivity index (χ1v) is 5.64. The topological polar surface area (TPSA) is 65.2 Å². The summed E-state index contributed by atoms with van der Waals surface area (Å²) in [6, 6.07) is 11.3. The van der Waals surface area contributed by atoms with Gasteiger partial charge in [-0.1, -0.05) is 0 Å². The van der Waals surface area contributed by atoms with Crippen LogP contribution in [0.4, 0.5) is 11.4 Å². The Morgan fingerprint density at radius 1 is 0.824 bits per heavy atom. The van der Waals surface area contributed by atoms with Gasteiger partial charge in [-0.25, -0.2) is 0 Å². The van der Waals surface area contributed by atoms with Gasteiger partial charge in [-0.05, 0) is 58.4 Å². The van der Waals surface area contributed by atoms with Gasteiger partial charge < -0.3 is 10.2 Å². The van der Waals surface area contributed by atoms with Gasteiger partial charge >= 0.3 is 0 Å². The minimum Gasteiger partial charge on any atom is -0.508 e. The third-order valence-corrected chi connectivity index (χ3v) is 2.70. The van der Waals surface area contributed by atoms with E-state index in [-0.39, 0.29) is 11.5 Å². The summed E-state index contributed by atoms with van der Waals surface area (Å²) in [5.74, 6) is 0.352. The van der Waals surface area contributed by atoms with E-state index in [2.05, 4.69) is 26.2 Å². The molecule has 0 aliphatic carbocycles. The molecule has 4 nitrogen and oxygen atoms in total. The number of azo groups is 1. The second-order valence-corrected chi connectivity index (χ2v) is 4.21. The second-order valence-electron chi connectivity index (χ2n) is 3.35. The van der Waals surface area contributed by atoms with Crippen LogP contribution in [-0.4, -0.2) is 10.2 Å². The Hall–Kier alpha value is -1.88. The monoisotopic (exact) mass is 292 g/mol. The van der Waals surface area contributed by atoms with Crippen LogP contribution in [0.25, 0.3) is 0 Å². The van der Waals surface area contributed by atoms with Crippen LogP contribution in [-0.2, 0) is 0 Å². The van der Waals surface area contributed by atoms with Gasteiger partial charge in [0.1, 0.15) is 11.5 Å². The number of hydrogen-bond acceptors (Lipinski definition) is 4. The molecule has 17 heavy (non-hydrogen) atoms. The molecular formula is C12H9BrN2O2. The molecule has 5 heteroatoms. The Bertz CT molecular complexity index is 553. The highest BCUT2D eigenvalue weighted by Crippen LogP contribution is 2.29. The first kappa shape index (κ1) is 11.6. The molecule has 2 rings (SSSR count). The van der Waals surface area contributed by atoms with Crippen molar-refractivity contribution in [2.45, 2.75) is 0 Å². The number of aromatic hydroxyl groups is 2. The van der Waals surface area contributed by atoms with E-state index >= 15 is 0 Å². The van der Waals surface area contributed by atoms with Crippen molar-refractivity contribution in [1.29, 1.82) is 0 Å². The smallest absolute Gasteiger partial charge is 0.129 e. The van der Waals surface area contributed by atoms with Gasteiger partial charge in [0, 0.05) is 0 Å². The Kier molecular flexibility index (Phi) is 3.39. The fraction of sp³-hybridized carbons (Fsp3) is 0. The number of benzene rings is 2. The number of phenolic OH excluding ortho intramolecular Hbond substituents is 2. The maximum Gasteiger partial charge on any atom is 0.129 e. The summed E-state index contributed by atoms with van der Waals surface area (Å²) < 4.78 is 0.569. The van der Waals surface area contributed by atoms with Gasteiger partial charge in [0.25, 0.3) is 0 Å². The molecule has 0 saturated heterocycles. The number of halogens is 1. The zero-order valence-corrected chi connectivity index (χ0v) is 10.3. The van der Waals surface area contributed by atoms with Crippen LogP contribution < -0.4 is 0 Å². The minimum atomic E-state index is 0.161. The summed E-state index contributed by atoms with van der Waals surface area (Å²) >= 11 is 3.20.